The third-order valence-electron chi connectivity index (χ3n) is 2.89. The monoisotopic (exact) mass is 283 g/mol. The standard InChI is InChI=1S/C15H13N3OS/c19-14(16-10-12-4-2-1-3-5-12)7-6-13-11-17-15-18(13)8-9-20-15/h1-9,11H,10H2,(H,16,19)/b7-6+. The van der Waals surface area contributed by atoms with Crippen molar-refractivity contribution in [3.05, 3.63) is 65.4 Å². The van der Waals surface area contributed by atoms with Crippen LogP contribution in [0.1, 0.15) is 11.3 Å². The van der Waals surface area contributed by atoms with E-state index in [0.29, 0.717) is 6.54 Å². The molecular formula is C15H13N3OS. The van der Waals surface area contributed by atoms with E-state index in [4.69, 9.17) is 0 Å². The maximum Gasteiger partial charge on any atom is 0.244 e. The summed E-state index contributed by atoms with van der Waals surface area (Å²) >= 11 is 1.57. The molecule has 100 valence electrons. The number of carbonyl (C=O) groups excluding carboxylic acids is 1. The van der Waals surface area contributed by atoms with E-state index >= 15 is 0 Å². The molecule has 0 bridgehead atoms. The summed E-state index contributed by atoms with van der Waals surface area (Å²) in [6.07, 6.45) is 7.00. The number of nitrogens with one attached hydrogen (secondary N) is 1. The molecular weight excluding hydrogens is 270 g/mol. The lowest BCUT2D eigenvalue weighted by molar-refractivity contribution is -0.116. The molecule has 0 atom stereocenters. The average molecular weight is 283 g/mol. The van der Waals surface area contributed by atoms with Crippen LogP contribution in [-0.4, -0.2) is 15.3 Å². The fraction of sp³-hybridized carbons (Fsp3) is 0.0667. The number of imidazole rings is 1. The van der Waals surface area contributed by atoms with Crippen LogP contribution >= 0.6 is 11.3 Å². The van der Waals surface area contributed by atoms with Crippen molar-refractivity contribution >= 4 is 28.3 Å². The Morgan fingerprint density at radius 2 is 2.20 bits per heavy atom. The van der Waals surface area contributed by atoms with Gasteiger partial charge in [-0.3, -0.25) is 9.20 Å². The molecule has 0 saturated heterocycles. The van der Waals surface area contributed by atoms with Crippen molar-refractivity contribution in [2.45, 2.75) is 6.54 Å². The van der Waals surface area contributed by atoms with E-state index in [1.54, 1.807) is 23.6 Å². The van der Waals surface area contributed by atoms with Crippen LogP contribution in [0.5, 0.6) is 0 Å². The Kier molecular flexibility index (Phi) is 3.60. The third kappa shape index (κ3) is 2.78. The highest BCUT2D eigenvalue weighted by Gasteiger charge is 2.01. The largest absolute Gasteiger partial charge is 0.348 e. The summed E-state index contributed by atoms with van der Waals surface area (Å²) in [5.74, 6) is -0.112. The second-order valence-corrected chi connectivity index (χ2v) is 5.15. The maximum atomic E-state index is 11.8. The van der Waals surface area contributed by atoms with Gasteiger partial charge in [-0.2, -0.15) is 0 Å². The first-order valence-corrected chi connectivity index (χ1v) is 7.11. The summed E-state index contributed by atoms with van der Waals surface area (Å²) < 4.78 is 1.95. The lowest BCUT2D eigenvalue weighted by Gasteiger charge is -2.01. The quantitative estimate of drug-likeness (QED) is 0.748. The molecule has 1 N–H and O–H groups in total. The number of thiazole rings is 1. The number of amides is 1. The smallest absolute Gasteiger partial charge is 0.244 e. The Morgan fingerprint density at radius 1 is 1.35 bits per heavy atom. The molecule has 0 radical (unpaired) electrons. The fourth-order valence-electron chi connectivity index (χ4n) is 1.87. The zero-order chi connectivity index (χ0) is 13.8. The van der Waals surface area contributed by atoms with Gasteiger partial charge in [0.05, 0.1) is 11.9 Å². The molecule has 0 aliphatic carbocycles. The van der Waals surface area contributed by atoms with Gasteiger partial charge in [0.1, 0.15) is 0 Å². The van der Waals surface area contributed by atoms with Crippen molar-refractivity contribution in [3.8, 4) is 0 Å². The number of benzene rings is 1. The summed E-state index contributed by atoms with van der Waals surface area (Å²) in [5.41, 5.74) is 1.98. The molecule has 0 saturated carbocycles. The minimum atomic E-state index is -0.112. The molecule has 3 rings (SSSR count). The summed E-state index contributed by atoms with van der Waals surface area (Å²) in [7, 11) is 0. The Bertz CT molecular complexity index is 743. The van der Waals surface area contributed by atoms with Crippen LogP contribution < -0.4 is 5.32 Å². The highest BCUT2D eigenvalue weighted by molar-refractivity contribution is 7.15. The van der Waals surface area contributed by atoms with Gasteiger partial charge in [-0.1, -0.05) is 30.3 Å². The molecule has 2 aromatic heterocycles. The maximum absolute atomic E-state index is 11.8. The van der Waals surface area contributed by atoms with Crippen LogP contribution in [0, 0.1) is 0 Å². The molecule has 5 heteroatoms. The molecule has 3 aromatic rings. The van der Waals surface area contributed by atoms with Gasteiger partial charge in [-0.15, -0.1) is 11.3 Å². The van der Waals surface area contributed by atoms with Crippen molar-refractivity contribution in [2.75, 3.05) is 0 Å². The molecule has 0 spiro atoms. The van der Waals surface area contributed by atoms with Crippen LogP contribution in [0.4, 0.5) is 0 Å². The number of nitrogens with zero attached hydrogens (tertiary/aromatic N) is 2. The summed E-state index contributed by atoms with van der Waals surface area (Å²) in [6, 6.07) is 9.83. The third-order valence-corrected chi connectivity index (χ3v) is 3.66. The van der Waals surface area contributed by atoms with E-state index in [1.165, 1.54) is 6.08 Å². The van der Waals surface area contributed by atoms with Crippen molar-refractivity contribution < 1.29 is 4.79 Å². The molecule has 0 aliphatic rings. The minimum Gasteiger partial charge on any atom is -0.348 e. The van der Waals surface area contributed by atoms with Gasteiger partial charge in [0.2, 0.25) is 5.91 Å². The van der Waals surface area contributed by atoms with Gasteiger partial charge in [0.15, 0.2) is 4.96 Å². The second kappa shape index (κ2) is 5.71. The number of aromatic nitrogens is 2. The van der Waals surface area contributed by atoms with Gasteiger partial charge in [0, 0.05) is 24.2 Å². The van der Waals surface area contributed by atoms with Gasteiger partial charge in [-0.25, -0.2) is 4.98 Å². The number of fused-ring (bicyclic) bond motifs is 1. The van der Waals surface area contributed by atoms with Crippen LogP contribution in [-0.2, 0) is 11.3 Å². The normalized spacial score (nSPS) is 11.2. The molecule has 0 fully saturated rings. The molecule has 1 aromatic carbocycles. The Labute approximate surface area is 120 Å². The van der Waals surface area contributed by atoms with Crippen molar-refractivity contribution in [3.63, 3.8) is 0 Å². The first-order chi connectivity index (χ1) is 9.83. The second-order valence-electron chi connectivity index (χ2n) is 4.28. The van der Waals surface area contributed by atoms with E-state index < -0.39 is 0 Å². The SMILES string of the molecule is O=C(/C=C/c1cnc2sccn12)NCc1ccccc1. The Hall–Kier alpha value is -2.40. The molecule has 20 heavy (non-hydrogen) atoms. The lowest BCUT2D eigenvalue weighted by atomic mass is 10.2. The van der Waals surface area contributed by atoms with Gasteiger partial charge in [-0.05, 0) is 11.6 Å². The molecule has 4 nitrogen and oxygen atoms in total. The molecule has 2 heterocycles. The average Bonchev–Trinajstić information content (AvgIpc) is 3.07. The van der Waals surface area contributed by atoms with Gasteiger partial charge < -0.3 is 5.32 Å². The number of rotatable bonds is 4. The van der Waals surface area contributed by atoms with Crippen LogP contribution in [0.2, 0.25) is 0 Å². The van der Waals surface area contributed by atoms with Crippen molar-refractivity contribution in [1.29, 1.82) is 0 Å². The number of hydrogen-bond donors (Lipinski definition) is 1. The van der Waals surface area contributed by atoms with Crippen molar-refractivity contribution in [2.24, 2.45) is 0 Å². The molecule has 0 unspecified atom stereocenters. The van der Waals surface area contributed by atoms with E-state index in [-0.39, 0.29) is 5.91 Å². The van der Waals surface area contributed by atoms with Crippen LogP contribution in [0.3, 0.4) is 0 Å². The predicted octanol–water partition coefficient (Wildman–Crippen LogP) is 2.73. The number of carbonyl (C=O) groups is 1. The Morgan fingerprint density at radius 3 is 3.05 bits per heavy atom. The van der Waals surface area contributed by atoms with Crippen LogP contribution in [0.25, 0.3) is 11.0 Å². The summed E-state index contributed by atoms with van der Waals surface area (Å²) in [4.78, 5) is 16.9. The highest BCUT2D eigenvalue weighted by Crippen LogP contribution is 2.13. The molecule has 1 amide bonds. The van der Waals surface area contributed by atoms with Crippen LogP contribution in [0.15, 0.2) is 54.2 Å². The zero-order valence-electron chi connectivity index (χ0n) is 10.7. The highest BCUT2D eigenvalue weighted by atomic mass is 32.1. The van der Waals surface area contributed by atoms with E-state index in [1.807, 2.05) is 46.3 Å². The van der Waals surface area contributed by atoms with Gasteiger partial charge >= 0.3 is 0 Å². The summed E-state index contributed by atoms with van der Waals surface area (Å²) in [6.45, 7) is 0.532. The first kappa shape index (κ1) is 12.6. The van der Waals surface area contributed by atoms with Crippen molar-refractivity contribution in [1.82, 2.24) is 14.7 Å². The lowest BCUT2D eigenvalue weighted by Crippen LogP contribution is -2.20. The fourth-order valence-corrected chi connectivity index (χ4v) is 2.57. The minimum absolute atomic E-state index is 0.112. The van der Waals surface area contributed by atoms with E-state index in [0.717, 1.165) is 16.2 Å². The Balaban J connectivity index is 1.61. The topological polar surface area (TPSA) is 46.4 Å². The summed E-state index contributed by atoms with van der Waals surface area (Å²) in [5, 5.41) is 4.82. The molecule has 0 aliphatic heterocycles. The van der Waals surface area contributed by atoms with E-state index in [2.05, 4.69) is 10.3 Å². The first-order valence-electron chi connectivity index (χ1n) is 6.23. The van der Waals surface area contributed by atoms with E-state index in [9.17, 15) is 4.79 Å². The number of hydrogen-bond acceptors (Lipinski definition) is 3. The zero-order valence-corrected chi connectivity index (χ0v) is 11.5. The van der Waals surface area contributed by atoms with Gasteiger partial charge in [0.25, 0.3) is 0 Å². The predicted molar refractivity (Wildman–Crippen MR) is 80.4 cm³/mol.